The van der Waals surface area contributed by atoms with Gasteiger partial charge in [0.2, 0.25) is 0 Å². The van der Waals surface area contributed by atoms with Crippen LogP contribution in [0.25, 0.3) is 10.4 Å². The monoisotopic (exact) mass is 370 g/mol. The van der Waals surface area contributed by atoms with E-state index in [0.717, 1.165) is 22.6 Å². The Balaban J connectivity index is 1.69. The van der Waals surface area contributed by atoms with Gasteiger partial charge in [-0.1, -0.05) is 30.3 Å². The van der Waals surface area contributed by atoms with Gasteiger partial charge in [-0.25, -0.2) is 8.78 Å². The summed E-state index contributed by atoms with van der Waals surface area (Å²) in [4.78, 5) is 12.9. The largest absolute Gasteiger partial charge is 0.481 e. The van der Waals surface area contributed by atoms with Crippen molar-refractivity contribution in [2.45, 2.75) is 0 Å². The fourth-order valence-corrected chi connectivity index (χ4v) is 3.24. The number of carbonyl (C=O) groups excluding carboxylic acids is 1. The summed E-state index contributed by atoms with van der Waals surface area (Å²) < 4.78 is 31.4. The summed E-state index contributed by atoms with van der Waals surface area (Å²) in [5, 5.41) is 12.2. The summed E-state index contributed by atoms with van der Waals surface area (Å²) in [6.07, 6.45) is 0. The van der Waals surface area contributed by atoms with Gasteiger partial charge < -0.3 is 10.1 Å². The molecule has 3 rings (SSSR count). The Morgan fingerprint density at radius 2 is 1.92 bits per heavy atom. The van der Waals surface area contributed by atoms with Crippen LogP contribution in [0.3, 0.4) is 0 Å². The van der Waals surface area contributed by atoms with Gasteiger partial charge >= 0.3 is 0 Å². The van der Waals surface area contributed by atoms with Gasteiger partial charge in [-0.3, -0.25) is 4.79 Å². The highest BCUT2D eigenvalue weighted by atomic mass is 32.1. The number of halogens is 2. The number of anilines is 1. The average molecular weight is 370 g/mol. The number of hydrogen-bond donors (Lipinski definition) is 1. The summed E-state index contributed by atoms with van der Waals surface area (Å²) in [5.41, 5.74) is 1.26. The molecule has 0 fully saturated rings. The summed E-state index contributed by atoms with van der Waals surface area (Å²) >= 11 is 1.26. The fourth-order valence-electron chi connectivity index (χ4n) is 2.21. The molecule has 0 aliphatic carbocycles. The van der Waals surface area contributed by atoms with Crippen molar-refractivity contribution in [1.82, 2.24) is 0 Å². The van der Waals surface area contributed by atoms with E-state index in [1.54, 1.807) is 6.07 Å². The molecule has 2 aromatic carbocycles. The van der Waals surface area contributed by atoms with Gasteiger partial charge in [-0.2, -0.15) is 5.26 Å². The van der Waals surface area contributed by atoms with Crippen molar-refractivity contribution in [2.24, 2.45) is 0 Å². The minimum atomic E-state index is -0.891. The van der Waals surface area contributed by atoms with Crippen LogP contribution in [0, 0.1) is 23.0 Å². The fraction of sp³-hybridized carbons (Fsp3) is 0.0526. The van der Waals surface area contributed by atoms with Crippen LogP contribution in [-0.4, -0.2) is 12.5 Å². The van der Waals surface area contributed by atoms with Crippen molar-refractivity contribution in [2.75, 3.05) is 11.9 Å². The second kappa shape index (κ2) is 7.76. The molecule has 0 aliphatic rings. The summed E-state index contributed by atoms with van der Waals surface area (Å²) in [7, 11) is 0. The standard InChI is InChI=1S/C19H12F2N2O2S/c20-14-6-7-16(15(21)9-14)25-11-18(24)23-19-13(10-22)8-17(26-19)12-4-2-1-3-5-12/h1-9H,11H2,(H,23,24). The van der Waals surface area contributed by atoms with Crippen LogP contribution in [0.2, 0.25) is 0 Å². The minimum absolute atomic E-state index is 0.224. The Morgan fingerprint density at radius 1 is 1.15 bits per heavy atom. The molecule has 0 atom stereocenters. The lowest BCUT2D eigenvalue weighted by Crippen LogP contribution is -2.20. The van der Waals surface area contributed by atoms with Crippen molar-refractivity contribution in [3.63, 3.8) is 0 Å². The third-order valence-electron chi connectivity index (χ3n) is 3.42. The van der Waals surface area contributed by atoms with Gasteiger partial charge in [0.15, 0.2) is 18.2 Å². The lowest BCUT2D eigenvalue weighted by atomic mass is 10.2. The summed E-state index contributed by atoms with van der Waals surface area (Å²) in [6, 6.07) is 16.0. The number of rotatable bonds is 5. The quantitative estimate of drug-likeness (QED) is 0.715. The van der Waals surface area contributed by atoms with Crippen LogP contribution < -0.4 is 10.1 Å². The van der Waals surface area contributed by atoms with Gasteiger partial charge in [0.25, 0.3) is 5.91 Å². The molecule has 0 unspecified atom stereocenters. The molecule has 26 heavy (non-hydrogen) atoms. The SMILES string of the molecule is N#Cc1cc(-c2ccccc2)sc1NC(=O)COc1ccc(F)cc1F. The van der Waals surface area contributed by atoms with E-state index in [2.05, 4.69) is 5.32 Å². The molecular formula is C19H12F2N2O2S. The van der Waals surface area contributed by atoms with Gasteiger partial charge in [0, 0.05) is 10.9 Å². The van der Waals surface area contributed by atoms with E-state index < -0.39 is 24.1 Å². The molecule has 4 nitrogen and oxygen atoms in total. The molecule has 130 valence electrons. The third kappa shape index (κ3) is 4.05. The molecule has 0 spiro atoms. The van der Waals surface area contributed by atoms with Crippen LogP contribution in [0.15, 0.2) is 54.6 Å². The Labute approximate surface area is 152 Å². The Bertz CT molecular complexity index is 981. The first-order chi connectivity index (χ1) is 12.6. The molecule has 1 amide bonds. The lowest BCUT2D eigenvalue weighted by molar-refractivity contribution is -0.118. The van der Waals surface area contributed by atoms with Gasteiger partial charge in [-0.05, 0) is 23.8 Å². The number of hydrogen-bond acceptors (Lipinski definition) is 4. The summed E-state index contributed by atoms with van der Waals surface area (Å²) in [6.45, 7) is -0.466. The Hall–Kier alpha value is -3.24. The maximum atomic E-state index is 13.5. The number of thiophene rings is 1. The highest BCUT2D eigenvalue weighted by Gasteiger charge is 2.14. The molecule has 1 heterocycles. The van der Waals surface area contributed by atoms with Crippen LogP contribution in [0.1, 0.15) is 5.56 Å². The van der Waals surface area contributed by atoms with Crippen molar-refractivity contribution in [3.05, 3.63) is 71.8 Å². The normalized spacial score (nSPS) is 10.2. The molecular weight excluding hydrogens is 358 g/mol. The smallest absolute Gasteiger partial charge is 0.262 e. The average Bonchev–Trinajstić information content (AvgIpc) is 3.04. The molecule has 1 N–H and O–H groups in total. The van der Waals surface area contributed by atoms with Crippen molar-refractivity contribution in [1.29, 1.82) is 5.26 Å². The van der Waals surface area contributed by atoms with E-state index >= 15 is 0 Å². The maximum absolute atomic E-state index is 13.5. The van der Waals surface area contributed by atoms with Crippen LogP contribution >= 0.6 is 11.3 Å². The number of nitriles is 1. The van der Waals surface area contributed by atoms with E-state index in [9.17, 15) is 18.8 Å². The Morgan fingerprint density at radius 3 is 2.62 bits per heavy atom. The minimum Gasteiger partial charge on any atom is -0.481 e. The van der Waals surface area contributed by atoms with Gasteiger partial charge in [0.05, 0.1) is 5.56 Å². The zero-order valence-corrected chi connectivity index (χ0v) is 14.1. The zero-order valence-electron chi connectivity index (χ0n) is 13.3. The number of amides is 1. The third-order valence-corrected chi connectivity index (χ3v) is 4.52. The van der Waals surface area contributed by atoms with Crippen LogP contribution in [0.4, 0.5) is 13.8 Å². The van der Waals surface area contributed by atoms with Crippen LogP contribution in [-0.2, 0) is 4.79 Å². The molecule has 0 saturated carbocycles. The van der Waals surface area contributed by atoms with E-state index in [-0.39, 0.29) is 5.75 Å². The topological polar surface area (TPSA) is 62.1 Å². The second-order valence-electron chi connectivity index (χ2n) is 5.24. The molecule has 0 saturated heterocycles. The summed E-state index contributed by atoms with van der Waals surface area (Å²) in [5.74, 6) is -2.40. The van der Waals surface area contributed by atoms with E-state index in [0.29, 0.717) is 16.6 Å². The van der Waals surface area contributed by atoms with E-state index in [1.807, 2.05) is 36.4 Å². The second-order valence-corrected chi connectivity index (χ2v) is 6.30. The van der Waals surface area contributed by atoms with E-state index in [1.165, 1.54) is 11.3 Å². The van der Waals surface area contributed by atoms with Crippen molar-refractivity contribution >= 4 is 22.2 Å². The highest BCUT2D eigenvalue weighted by molar-refractivity contribution is 7.19. The molecule has 7 heteroatoms. The lowest BCUT2D eigenvalue weighted by Gasteiger charge is -2.07. The predicted octanol–water partition coefficient (Wildman–Crippen LogP) is 4.58. The zero-order chi connectivity index (χ0) is 18.5. The highest BCUT2D eigenvalue weighted by Crippen LogP contribution is 2.35. The first kappa shape index (κ1) is 17.6. The van der Waals surface area contributed by atoms with Gasteiger partial charge in [0.1, 0.15) is 16.9 Å². The molecule has 3 aromatic rings. The number of nitrogens with zero attached hydrogens (tertiary/aromatic N) is 1. The van der Waals surface area contributed by atoms with Crippen LogP contribution in [0.5, 0.6) is 5.75 Å². The number of ether oxygens (including phenoxy) is 1. The molecule has 0 radical (unpaired) electrons. The Kier molecular flexibility index (Phi) is 5.25. The first-order valence-electron chi connectivity index (χ1n) is 7.54. The van der Waals surface area contributed by atoms with Crippen molar-refractivity contribution in [3.8, 4) is 22.3 Å². The predicted molar refractivity (Wildman–Crippen MR) is 95.0 cm³/mol. The maximum Gasteiger partial charge on any atom is 0.262 e. The van der Waals surface area contributed by atoms with Crippen molar-refractivity contribution < 1.29 is 18.3 Å². The van der Waals surface area contributed by atoms with Gasteiger partial charge in [-0.15, -0.1) is 11.3 Å². The van der Waals surface area contributed by atoms with E-state index in [4.69, 9.17) is 4.74 Å². The number of nitrogens with one attached hydrogen (secondary N) is 1. The molecule has 0 aliphatic heterocycles. The first-order valence-corrected chi connectivity index (χ1v) is 8.35. The number of carbonyl (C=O) groups is 1. The molecule has 0 bridgehead atoms. The number of benzene rings is 2. The molecule has 1 aromatic heterocycles.